The third kappa shape index (κ3) is 3.82. The van der Waals surface area contributed by atoms with Gasteiger partial charge in [0.1, 0.15) is 0 Å². The van der Waals surface area contributed by atoms with Crippen LogP contribution in [0.3, 0.4) is 0 Å². The predicted molar refractivity (Wildman–Crippen MR) is 82.7 cm³/mol. The van der Waals surface area contributed by atoms with Gasteiger partial charge in [-0.2, -0.15) is 0 Å². The molecule has 1 amide bonds. The summed E-state index contributed by atoms with van der Waals surface area (Å²) in [6, 6.07) is 4.11. The van der Waals surface area contributed by atoms with E-state index < -0.39 is 0 Å². The van der Waals surface area contributed by atoms with Crippen molar-refractivity contribution in [3.8, 4) is 0 Å². The summed E-state index contributed by atoms with van der Waals surface area (Å²) >= 11 is 0. The third-order valence-electron chi connectivity index (χ3n) is 4.73. The van der Waals surface area contributed by atoms with E-state index in [2.05, 4.69) is 20.9 Å². The fourth-order valence-electron chi connectivity index (χ4n) is 3.46. The van der Waals surface area contributed by atoms with Crippen LogP contribution < -0.4 is 0 Å². The van der Waals surface area contributed by atoms with Gasteiger partial charge in [-0.3, -0.25) is 14.7 Å². The molecule has 4 heteroatoms. The molecule has 3 rings (SSSR count). The van der Waals surface area contributed by atoms with Gasteiger partial charge in [0.15, 0.2) is 0 Å². The van der Waals surface area contributed by atoms with Gasteiger partial charge < -0.3 is 4.90 Å². The van der Waals surface area contributed by atoms with Crippen molar-refractivity contribution in [2.45, 2.75) is 38.6 Å². The largest absolute Gasteiger partial charge is 0.342 e. The summed E-state index contributed by atoms with van der Waals surface area (Å²) in [7, 11) is 0. The summed E-state index contributed by atoms with van der Waals surface area (Å²) in [6.07, 6.45) is 9.42. The summed E-state index contributed by atoms with van der Waals surface area (Å²) < 4.78 is 0. The van der Waals surface area contributed by atoms with E-state index in [1.165, 1.54) is 24.8 Å². The summed E-state index contributed by atoms with van der Waals surface area (Å²) in [4.78, 5) is 21.2. The van der Waals surface area contributed by atoms with Gasteiger partial charge in [0.2, 0.25) is 5.91 Å². The number of carbonyl (C=O) groups excluding carboxylic acids is 1. The highest BCUT2D eigenvalue weighted by atomic mass is 16.2. The molecule has 0 saturated carbocycles. The number of piperidine rings is 2. The van der Waals surface area contributed by atoms with Crippen LogP contribution in [0.5, 0.6) is 0 Å². The number of pyridine rings is 1. The molecule has 2 saturated heterocycles. The predicted octanol–water partition coefficient (Wildman–Crippen LogP) is 2.31. The van der Waals surface area contributed by atoms with E-state index in [0.717, 1.165) is 45.6 Å². The van der Waals surface area contributed by atoms with Gasteiger partial charge in [0.05, 0.1) is 0 Å². The lowest BCUT2D eigenvalue weighted by atomic mass is 9.94. The van der Waals surface area contributed by atoms with Gasteiger partial charge in [0.25, 0.3) is 0 Å². The SMILES string of the molecule is O=C(C1CCN(Cc2cccnc2)CC1)N1CCCCC1. The summed E-state index contributed by atoms with van der Waals surface area (Å²) in [5.41, 5.74) is 1.26. The van der Waals surface area contributed by atoms with Gasteiger partial charge in [-0.15, -0.1) is 0 Å². The average Bonchev–Trinajstić information content (AvgIpc) is 2.57. The Morgan fingerprint density at radius 2 is 1.90 bits per heavy atom. The molecule has 1 aromatic heterocycles. The Balaban J connectivity index is 1.47. The number of hydrogen-bond acceptors (Lipinski definition) is 3. The fraction of sp³-hybridized carbons (Fsp3) is 0.647. The van der Waals surface area contributed by atoms with Crippen LogP contribution in [0.1, 0.15) is 37.7 Å². The normalized spacial score (nSPS) is 21.4. The van der Waals surface area contributed by atoms with Crippen LogP contribution in [0.25, 0.3) is 0 Å². The van der Waals surface area contributed by atoms with Crippen molar-refractivity contribution in [2.75, 3.05) is 26.2 Å². The maximum Gasteiger partial charge on any atom is 0.225 e. The van der Waals surface area contributed by atoms with Crippen molar-refractivity contribution in [3.63, 3.8) is 0 Å². The number of nitrogens with zero attached hydrogens (tertiary/aromatic N) is 3. The molecule has 0 aliphatic carbocycles. The molecule has 3 heterocycles. The third-order valence-corrected chi connectivity index (χ3v) is 4.73. The minimum Gasteiger partial charge on any atom is -0.342 e. The molecule has 21 heavy (non-hydrogen) atoms. The van der Waals surface area contributed by atoms with Crippen molar-refractivity contribution in [1.82, 2.24) is 14.8 Å². The van der Waals surface area contributed by atoms with Crippen molar-refractivity contribution < 1.29 is 4.79 Å². The van der Waals surface area contributed by atoms with Crippen LogP contribution in [-0.4, -0.2) is 46.9 Å². The Bertz CT molecular complexity index is 448. The van der Waals surface area contributed by atoms with E-state index in [-0.39, 0.29) is 5.92 Å². The first kappa shape index (κ1) is 14.5. The lowest BCUT2D eigenvalue weighted by Gasteiger charge is -2.35. The minimum atomic E-state index is 0.258. The standard InChI is InChI=1S/C17H25N3O/c21-17(20-9-2-1-3-10-20)16-6-11-19(12-7-16)14-15-5-4-8-18-13-15/h4-5,8,13,16H,1-3,6-7,9-12,14H2. The van der Waals surface area contributed by atoms with Gasteiger partial charge in [-0.1, -0.05) is 6.07 Å². The summed E-state index contributed by atoms with van der Waals surface area (Å²) in [6.45, 7) is 4.97. The summed E-state index contributed by atoms with van der Waals surface area (Å²) in [5, 5.41) is 0. The topological polar surface area (TPSA) is 36.4 Å². The van der Waals surface area contributed by atoms with Gasteiger partial charge >= 0.3 is 0 Å². The fourth-order valence-corrected chi connectivity index (χ4v) is 3.46. The molecule has 0 unspecified atom stereocenters. The first-order valence-electron chi connectivity index (χ1n) is 8.23. The highest BCUT2D eigenvalue weighted by Crippen LogP contribution is 2.22. The molecule has 0 atom stereocenters. The molecule has 2 aliphatic rings. The van der Waals surface area contributed by atoms with E-state index in [4.69, 9.17) is 0 Å². The second-order valence-corrected chi connectivity index (χ2v) is 6.30. The van der Waals surface area contributed by atoms with E-state index in [0.29, 0.717) is 5.91 Å². The van der Waals surface area contributed by atoms with Crippen LogP contribution in [-0.2, 0) is 11.3 Å². The smallest absolute Gasteiger partial charge is 0.225 e. The first-order valence-corrected chi connectivity index (χ1v) is 8.23. The Morgan fingerprint density at radius 1 is 1.14 bits per heavy atom. The van der Waals surface area contributed by atoms with E-state index >= 15 is 0 Å². The van der Waals surface area contributed by atoms with Crippen LogP contribution >= 0.6 is 0 Å². The van der Waals surface area contributed by atoms with Crippen LogP contribution in [0.4, 0.5) is 0 Å². The summed E-state index contributed by atoms with van der Waals surface area (Å²) in [5.74, 6) is 0.670. The molecule has 0 N–H and O–H groups in total. The van der Waals surface area contributed by atoms with Gasteiger partial charge in [-0.25, -0.2) is 0 Å². The zero-order valence-electron chi connectivity index (χ0n) is 12.7. The molecular formula is C17H25N3O. The Labute approximate surface area is 127 Å². The molecule has 2 fully saturated rings. The van der Waals surface area contributed by atoms with Crippen molar-refractivity contribution >= 4 is 5.91 Å². The Hall–Kier alpha value is -1.42. The molecule has 1 aromatic rings. The second kappa shape index (κ2) is 7.03. The molecule has 0 spiro atoms. The van der Waals surface area contributed by atoms with Crippen LogP contribution in [0.2, 0.25) is 0 Å². The number of likely N-dealkylation sites (tertiary alicyclic amines) is 2. The number of carbonyl (C=O) groups is 1. The van der Waals surface area contributed by atoms with Crippen molar-refractivity contribution in [2.24, 2.45) is 5.92 Å². The van der Waals surface area contributed by atoms with E-state index in [1.807, 2.05) is 18.5 Å². The molecule has 114 valence electrons. The van der Waals surface area contributed by atoms with E-state index in [1.54, 1.807) is 0 Å². The highest BCUT2D eigenvalue weighted by molar-refractivity contribution is 5.79. The zero-order valence-corrected chi connectivity index (χ0v) is 12.7. The minimum absolute atomic E-state index is 0.258. The number of rotatable bonds is 3. The molecule has 2 aliphatic heterocycles. The van der Waals surface area contributed by atoms with Gasteiger partial charge in [-0.05, 0) is 56.8 Å². The maximum absolute atomic E-state index is 12.5. The van der Waals surface area contributed by atoms with Crippen molar-refractivity contribution in [1.29, 1.82) is 0 Å². The molecule has 4 nitrogen and oxygen atoms in total. The first-order chi connectivity index (χ1) is 10.3. The zero-order chi connectivity index (χ0) is 14.5. The lowest BCUT2D eigenvalue weighted by Crippen LogP contribution is -2.44. The molecule has 0 aromatic carbocycles. The maximum atomic E-state index is 12.5. The van der Waals surface area contributed by atoms with E-state index in [9.17, 15) is 4.79 Å². The molecular weight excluding hydrogens is 262 g/mol. The van der Waals surface area contributed by atoms with Crippen molar-refractivity contribution in [3.05, 3.63) is 30.1 Å². The molecule has 0 bridgehead atoms. The Morgan fingerprint density at radius 3 is 2.57 bits per heavy atom. The highest BCUT2D eigenvalue weighted by Gasteiger charge is 2.29. The van der Waals surface area contributed by atoms with Crippen LogP contribution in [0.15, 0.2) is 24.5 Å². The quantitative estimate of drug-likeness (QED) is 0.856. The monoisotopic (exact) mass is 287 g/mol. The van der Waals surface area contributed by atoms with Gasteiger partial charge in [0, 0.05) is 37.9 Å². The lowest BCUT2D eigenvalue weighted by molar-refractivity contribution is -0.138. The number of aromatic nitrogens is 1. The number of amides is 1. The van der Waals surface area contributed by atoms with Crippen LogP contribution in [0, 0.1) is 5.92 Å². The number of hydrogen-bond donors (Lipinski definition) is 0. The second-order valence-electron chi connectivity index (χ2n) is 6.30. The molecule has 0 radical (unpaired) electrons. The Kier molecular flexibility index (Phi) is 4.86. The average molecular weight is 287 g/mol.